The van der Waals surface area contributed by atoms with E-state index in [0.29, 0.717) is 31.6 Å². The van der Waals surface area contributed by atoms with Crippen molar-refractivity contribution < 1.29 is 27.8 Å². The minimum atomic E-state index is -0.288. The van der Waals surface area contributed by atoms with Crippen molar-refractivity contribution in [1.82, 2.24) is 10.3 Å². The summed E-state index contributed by atoms with van der Waals surface area (Å²) in [6, 6.07) is 12.7. The van der Waals surface area contributed by atoms with E-state index in [1.807, 2.05) is 13.8 Å². The molecule has 1 aliphatic heterocycles. The van der Waals surface area contributed by atoms with Gasteiger partial charge in [0.05, 0.1) is 43.4 Å². The van der Waals surface area contributed by atoms with Crippen LogP contribution in [0.15, 0.2) is 60.9 Å². The van der Waals surface area contributed by atoms with Gasteiger partial charge in [0.15, 0.2) is 0 Å². The number of hydrogen-bond acceptors (Lipinski definition) is 6. The van der Waals surface area contributed by atoms with Crippen LogP contribution >= 0.6 is 0 Å². The van der Waals surface area contributed by atoms with Crippen LogP contribution in [0.2, 0.25) is 0 Å². The fraction of sp³-hybridized carbons (Fsp3) is 0.375. The van der Waals surface area contributed by atoms with Gasteiger partial charge in [0.1, 0.15) is 23.7 Å². The largest absolute Gasteiger partial charge is 0.395 e. The predicted octanol–water partition coefficient (Wildman–Crippen LogP) is 5.58. The van der Waals surface area contributed by atoms with E-state index in [4.69, 9.17) is 14.6 Å². The molecular formula is C32H42F3N3O3. The number of terminal acetylenes is 1. The van der Waals surface area contributed by atoms with E-state index in [1.54, 1.807) is 37.5 Å². The Labute approximate surface area is 242 Å². The lowest BCUT2D eigenvalue weighted by atomic mass is 10.0. The number of carbonyl (C=O) groups is 1. The van der Waals surface area contributed by atoms with Crippen molar-refractivity contribution in [2.75, 3.05) is 32.1 Å². The molecule has 0 aliphatic carbocycles. The Bertz CT molecular complexity index is 1060. The van der Waals surface area contributed by atoms with Crippen LogP contribution in [0.3, 0.4) is 0 Å². The van der Waals surface area contributed by atoms with Crippen LogP contribution in [0.25, 0.3) is 0 Å². The van der Waals surface area contributed by atoms with Gasteiger partial charge in [0.2, 0.25) is 0 Å². The van der Waals surface area contributed by atoms with E-state index < -0.39 is 0 Å². The third-order valence-electron chi connectivity index (χ3n) is 5.61. The van der Waals surface area contributed by atoms with Gasteiger partial charge in [-0.2, -0.15) is 0 Å². The normalized spacial score (nSPS) is 15.1. The molecule has 1 saturated heterocycles. The molecule has 0 spiro atoms. The van der Waals surface area contributed by atoms with Gasteiger partial charge in [-0.15, -0.1) is 12.8 Å². The highest BCUT2D eigenvalue weighted by Crippen LogP contribution is 2.20. The second-order valence-electron chi connectivity index (χ2n) is 8.34. The number of rotatable bonds is 7. The SMILES string of the molecule is C#C.CC.CC=O.CNc1cncc(F)c1CC[C@@H]1CN[C@H](CO)CO1.Fc1ccc(Cc2ccc(F)cc2)cc1. The van der Waals surface area contributed by atoms with Crippen LogP contribution in [0.5, 0.6) is 0 Å². The van der Waals surface area contributed by atoms with Gasteiger partial charge in [-0.05, 0) is 61.6 Å². The summed E-state index contributed by atoms with van der Waals surface area (Å²) in [4.78, 5) is 12.6. The van der Waals surface area contributed by atoms with Crippen LogP contribution in [-0.2, 0) is 22.4 Å². The van der Waals surface area contributed by atoms with Gasteiger partial charge < -0.3 is 25.3 Å². The van der Waals surface area contributed by atoms with Crippen molar-refractivity contribution in [3.05, 3.63) is 95.1 Å². The molecule has 3 N–H and O–H groups in total. The number of aliphatic hydroxyl groups excluding tert-OH is 1. The highest BCUT2D eigenvalue weighted by Gasteiger charge is 2.21. The number of pyridine rings is 1. The van der Waals surface area contributed by atoms with E-state index in [-0.39, 0.29) is 36.2 Å². The minimum absolute atomic E-state index is 0.0155. The summed E-state index contributed by atoms with van der Waals surface area (Å²) in [7, 11) is 1.75. The Morgan fingerprint density at radius 2 is 1.54 bits per heavy atom. The molecule has 2 aromatic carbocycles. The molecule has 41 heavy (non-hydrogen) atoms. The molecule has 9 heteroatoms. The summed E-state index contributed by atoms with van der Waals surface area (Å²) in [6.07, 6.45) is 13.7. The molecular weight excluding hydrogens is 531 g/mol. The first-order chi connectivity index (χ1) is 19.9. The van der Waals surface area contributed by atoms with Crippen LogP contribution in [-0.4, -0.2) is 55.3 Å². The van der Waals surface area contributed by atoms with Crippen molar-refractivity contribution in [3.8, 4) is 12.8 Å². The number of morpholine rings is 1. The maximum Gasteiger partial charge on any atom is 0.146 e. The monoisotopic (exact) mass is 573 g/mol. The molecule has 0 radical (unpaired) electrons. The third-order valence-corrected chi connectivity index (χ3v) is 5.61. The molecule has 3 aromatic rings. The van der Waals surface area contributed by atoms with Gasteiger partial charge in [0.25, 0.3) is 0 Å². The van der Waals surface area contributed by atoms with E-state index in [1.165, 1.54) is 37.4 Å². The predicted molar refractivity (Wildman–Crippen MR) is 159 cm³/mol. The Morgan fingerprint density at radius 3 is 1.95 bits per heavy atom. The first-order valence-corrected chi connectivity index (χ1v) is 13.4. The second-order valence-corrected chi connectivity index (χ2v) is 8.34. The van der Waals surface area contributed by atoms with E-state index in [2.05, 4.69) is 28.5 Å². The van der Waals surface area contributed by atoms with Crippen LogP contribution in [0.4, 0.5) is 18.9 Å². The number of aliphatic hydroxyl groups is 1. The zero-order valence-electron chi connectivity index (χ0n) is 24.2. The van der Waals surface area contributed by atoms with E-state index in [9.17, 15) is 13.2 Å². The van der Waals surface area contributed by atoms with Gasteiger partial charge in [-0.1, -0.05) is 38.1 Å². The summed E-state index contributed by atoms with van der Waals surface area (Å²) >= 11 is 0. The molecule has 4 rings (SSSR count). The number of nitrogens with zero attached hydrogens (tertiary/aromatic N) is 1. The summed E-state index contributed by atoms with van der Waals surface area (Å²) < 4.78 is 44.6. The lowest BCUT2D eigenvalue weighted by molar-refractivity contribution is -0.106. The van der Waals surface area contributed by atoms with Crippen LogP contribution in [0, 0.1) is 30.3 Å². The lowest BCUT2D eigenvalue weighted by Crippen LogP contribution is -2.48. The quantitative estimate of drug-likeness (QED) is 0.253. The molecule has 1 aromatic heterocycles. The van der Waals surface area contributed by atoms with Crippen molar-refractivity contribution in [2.24, 2.45) is 0 Å². The van der Waals surface area contributed by atoms with E-state index >= 15 is 0 Å². The standard InChI is InChI=1S/C13H10F2.C13H20FN3O2.C2H4O.C2H6.C2H2/c14-12-5-1-10(2-6-12)9-11-3-7-13(15)8-4-11;1-15-13-6-16-5-12(14)11(13)3-2-10-4-17-9(7-18)8-19-10;1-2-3;2*1-2/h1-8H,9H2;5-6,9-10,15,17-18H,2-4,7-8H2,1H3;2H,1H3;1-2H3;1-2H/t;9-,10-;;;/m.1.../s1. The highest BCUT2D eigenvalue weighted by molar-refractivity contribution is 5.49. The number of anilines is 1. The lowest BCUT2D eigenvalue weighted by Gasteiger charge is -2.29. The molecule has 2 heterocycles. The molecule has 1 aliphatic rings. The molecule has 224 valence electrons. The molecule has 0 unspecified atom stereocenters. The molecule has 0 amide bonds. The van der Waals surface area contributed by atoms with Crippen LogP contribution in [0.1, 0.15) is 43.9 Å². The van der Waals surface area contributed by atoms with Gasteiger partial charge in [-0.25, -0.2) is 13.2 Å². The number of benzene rings is 2. The number of carbonyl (C=O) groups excluding carboxylic acids is 1. The van der Waals surface area contributed by atoms with Gasteiger partial charge in [0, 0.05) is 19.2 Å². The highest BCUT2D eigenvalue weighted by atomic mass is 19.1. The second kappa shape index (κ2) is 23.0. The Balaban J connectivity index is 0.000000651. The first-order valence-electron chi connectivity index (χ1n) is 13.4. The number of hydrogen-bond donors (Lipinski definition) is 3. The van der Waals surface area contributed by atoms with Crippen LogP contribution < -0.4 is 10.6 Å². The van der Waals surface area contributed by atoms with Crippen molar-refractivity contribution in [2.45, 2.75) is 52.2 Å². The topological polar surface area (TPSA) is 83.5 Å². The zero-order chi connectivity index (χ0) is 31.0. The molecule has 6 nitrogen and oxygen atoms in total. The number of halogens is 3. The Morgan fingerprint density at radius 1 is 1.02 bits per heavy atom. The van der Waals surface area contributed by atoms with Crippen molar-refractivity contribution in [3.63, 3.8) is 0 Å². The fourth-order valence-electron chi connectivity index (χ4n) is 3.65. The maximum absolute atomic E-state index is 13.7. The smallest absolute Gasteiger partial charge is 0.146 e. The third kappa shape index (κ3) is 15.0. The molecule has 1 fully saturated rings. The van der Waals surface area contributed by atoms with Crippen molar-refractivity contribution >= 4 is 12.0 Å². The summed E-state index contributed by atoms with van der Waals surface area (Å²) in [5.74, 6) is -0.764. The zero-order valence-corrected chi connectivity index (χ0v) is 24.2. The minimum Gasteiger partial charge on any atom is -0.395 e. The summed E-state index contributed by atoms with van der Waals surface area (Å²) in [5.41, 5.74) is 3.40. The van der Waals surface area contributed by atoms with Crippen molar-refractivity contribution in [1.29, 1.82) is 0 Å². The number of ether oxygens (including phenoxy) is 1. The maximum atomic E-state index is 13.7. The number of aromatic nitrogens is 1. The van der Waals surface area contributed by atoms with Gasteiger partial charge >= 0.3 is 0 Å². The fourth-order valence-corrected chi connectivity index (χ4v) is 3.65. The molecule has 0 saturated carbocycles. The summed E-state index contributed by atoms with van der Waals surface area (Å²) in [6.45, 7) is 6.71. The number of aldehydes is 1. The first kappa shape index (κ1) is 37.3. The average molecular weight is 574 g/mol. The number of nitrogens with one attached hydrogen (secondary N) is 2. The average Bonchev–Trinajstić information content (AvgIpc) is 3.02. The van der Waals surface area contributed by atoms with E-state index in [0.717, 1.165) is 29.5 Å². The van der Waals surface area contributed by atoms with Gasteiger partial charge in [-0.3, -0.25) is 4.98 Å². The Hall–Kier alpha value is -3.71. The summed E-state index contributed by atoms with van der Waals surface area (Å²) in [5, 5.41) is 15.1. The molecule has 0 bridgehead atoms. The molecule has 2 atom stereocenters. The Kier molecular flexibility index (Phi) is 21.0.